The molecule has 0 spiro atoms. The van der Waals surface area contributed by atoms with E-state index in [9.17, 15) is 4.79 Å². The number of allylic oxidation sites excluding steroid dienone is 2. The van der Waals surface area contributed by atoms with E-state index >= 15 is 0 Å². The molecule has 0 atom stereocenters. The zero-order chi connectivity index (χ0) is 15.9. The maximum atomic E-state index is 11.1. The Balaban J connectivity index is 2.19. The Morgan fingerprint density at radius 1 is 0.955 bits per heavy atom. The third kappa shape index (κ3) is 3.96. The van der Waals surface area contributed by atoms with Crippen LogP contribution in [0, 0.1) is 0 Å². The van der Waals surface area contributed by atoms with Gasteiger partial charge in [0.25, 0.3) is 0 Å². The van der Waals surface area contributed by atoms with Crippen molar-refractivity contribution in [3.63, 3.8) is 0 Å². The molecule has 0 bridgehead atoms. The van der Waals surface area contributed by atoms with E-state index in [1.807, 2.05) is 60.7 Å². The van der Waals surface area contributed by atoms with Crippen LogP contribution in [0.4, 0.5) is 0 Å². The predicted octanol–water partition coefficient (Wildman–Crippen LogP) is 5.16. The summed E-state index contributed by atoms with van der Waals surface area (Å²) in [6.45, 7) is 3.60. The van der Waals surface area contributed by atoms with Crippen molar-refractivity contribution in [1.82, 2.24) is 0 Å². The molecule has 0 aliphatic carbocycles. The average Bonchev–Trinajstić information content (AvgIpc) is 2.52. The van der Waals surface area contributed by atoms with E-state index in [-0.39, 0.29) is 5.57 Å². The van der Waals surface area contributed by atoms with Crippen LogP contribution in [-0.2, 0) is 4.79 Å². The van der Waals surface area contributed by atoms with E-state index in [1.54, 1.807) is 12.1 Å². The molecule has 0 aliphatic heterocycles. The zero-order valence-electron chi connectivity index (χ0n) is 11.9. The van der Waals surface area contributed by atoms with E-state index in [1.165, 1.54) is 0 Å². The molecule has 0 aliphatic rings. The smallest absolute Gasteiger partial charge is 0.335 e. The van der Waals surface area contributed by atoms with Gasteiger partial charge in [0, 0.05) is 5.02 Å². The minimum Gasteiger partial charge on any atom is -0.478 e. The van der Waals surface area contributed by atoms with Crippen molar-refractivity contribution >= 4 is 35.3 Å². The standard InChI is InChI=1S/C19H15ClO2/c1-14(19(21)22)17-12-6-4-9-15(17)8-2-3-10-16-11-5-7-13-18(16)20/h2-13H,1H2,(H,21,22)/b8-2+,10-3+. The first-order valence-electron chi connectivity index (χ1n) is 6.70. The second kappa shape index (κ2) is 7.43. The second-order valence-corrected chi connectivity index (χ2v) is 5.02. The number of carboxylic acids is 1. The molecule has 110 valence electrons. The van der Waals surface area contributed by atoms with Gasteiger partial charge in [-0.25, -0.2) is 4.79 Å². The molecule has 0 fully saturated rings. The third-order valence-corrected chi connectivity index (χ3v) is 3.46. The van der Waals surface area contributed by atoms with Crippen LogP contribution in [0.1, 0.15) is 16.7 Å². The van der Waals surface area contributed by atoms with Crippen LogP contribution in [0.3, 0.4) is 0 Å². The van der Waals surface area contributed by atoms with Crippen molar-refractivity contribution in [1.29, 1.82) is 0 Å². The van der Waals surface area contributed by atoms with Crippen molar-refractivity contribution in [2.75, 3.05) is 0 Å². The van der Waals surface area contributed by atoms with Crippen LogP contribution in [-0.4, -0.2) is 11.1 Å². The molecule has 0 heterocycles. The SMILES string of the molecule is C=C(C(=O)O)c1ccccc1/C=C/C=C/c1ccccc1Cl. The second-order valence-electron chi connectivity index (χ2n) is 4.61. The fourth-order valence-corrected chi connectivity index (χ4v) is 2.16. The van der Waals surface area contributed by atoms with E-state index in [0.29, 0.717) is 10.6 Å². The average molecular weight is 311 g/mol. The van der Waals surface area contributed by atoms with Crippen molar-refractivity contribution in [2.45, 2.75) is 0 Å². The molecule has 3 heteroatoms. The van der Waals surface area contributed by atoms with Crippen LogP contribution >= 0.6 is 11.6 Å². The Labute approximate surface area is 134 Å². The van der Waals surface area contributed by atoms with Crippen molar-refractivity contribution < 1.29 is 9.90 Å². The number of rotatable bonds is 5. The Morgan fingerprint density at radius 3 is 2.14 bits per heavy atom. The van der Waals surface area contributed by atoms with Crippen LogP contribution in [0.2, 0.25) is 5.02 Å². The normalized spacial score (nSPS) is 11.1. The maximum Gasteiger partial charge on any atom is 0.335 e. The van der Waals surface area contributed by atoms with Crippen molar-refractivity contribution in [3.8, 4) is 0 Å². The minimum atomic E-state index is -1.02. The van der Waals surface area contributed by atoms with E-state index in [0.717, 1.165) is 11.1 Å². The van der Waals surface area contributed by atoms with Gasteiger partial charge in [0.05, 0.1) is 5.57 Å². The molecule has 0 aromatic heterocycles. The van der Waals surface area contributed by atoms with Gasteiger partial charge in [0.15, 0.2) is 0 Å². The lowest BCUT2D eigenvalue weighted by Gasteiger charge is -2.04. The molecule has 2 aromatic carbocycles. The number of carbonyl (C=O) groups is 1. The summed E-state index contributed by atoms with van der Waals surface area (Å²) in [7, 11) is 0. The summed E-state index contributed by atoms with van der Waals surface area (Å²) in [4.78, 5) is 11.1. The number of carboxylic acid groups (broad SMARTS) is 1. The van der Waals surface area contributed by atoms with Gasteiger partial charge in [-0.05, 0) is 22.8 Å². The van der Waals surface area contributed by atoms with Gasteiger partial charge in [-0.3, -0.25) is 0 Å². The van der Waals surface area contributed by atoms with Gasteiger partial charge in [-0.1, -0.05) is 84.9 Å². The molecule has 22 heavy (non-hydrogen) atoms. The van der Waals surface area contributed by atoms with E-state index in [2.05, 4.69) is 6.58 Å². The largest absolute Gasteiger partial charge is 0.478 e. The third-order valence-electron chi connectivity index (χ3n) is 3.11. The highest BCUT2D eigenvalue weighted by atomic mass is 35.5. The highest BCUT2D eigenvalue weighted by Gasteiger charge is 2.09. The van der Waals surface area contributed by atoms with E-state index < -0.39 is 5.97 Å². The fourth-order valence-electron chi connectivity index (χ4n) is 1.96. The summed E-state index contributed by atoms with van der Waals surface area (Å²) in [5.41, 5.74) is 2.42. The lowest BCUT2D eigenvalue weighted by Crippen LogP contribution is -1.99. The topological polar surface area (TPSA) is 37.3 Å². The summed E-state index contributed by atoms with van der Waals surface area (Å²) < 4.78 is 0. The molecular weight excluding hydrogens is 296 g/mol. The Kier molecular flexibility index (Phi) is 5.34. The van der Waals surface area contributed by atoms with Crippen molar-refractivity contribution in [2.24, 2.45) is 0 Å². The summed E-state index contributed by atoms with van der Waals surface area (Å²) >= 11 is 6.07. The Bertz CT molecular complexity index is 758. The van der Waals surface area contributed by atoms with Crippen LogP contribution in [0.5, 0.6) is 0 Å². The van der Waals surface area contributed by atoms with Gasteiger partial charge in [0.1, 0.15) is 0 Å². The monoisotopic (exact) mass is 310 g/mol. The zero-order valence-corrected chi connectivity index (χ0v) is 12.6. The first-order valence-corrected chi connectivity index (χ1v) is 7.08. The first-order chi connectivity index (χ1) is 10.6. The summed E-state index contributed by atoms with van der Waals surface area (Å²) in [6.07, 6.45) is 7.45. The molecule has 0 amide bonds. The molecular formula is C19H15ClO2. The molecule has 0 saturated carbocycles. The number of halogens is 1. The number of benzene rings is 2. The highest BCUT2D eigenvalue weighted by molar-refractivity contribution is 6.32. The Hall–Kier alpha value is -2.58. The van der Waals surface area contributed by atoms with Crippen LogP contribution in [0.15, 0.2) is 67.3 Å². The van der Waals surface area contributed by atoms with E-state index in [4.69, 9.17) is 16.7 Å². The van der Waals surface area contributed by atoms with Crippen molar-refractivity contribution in [3.05, 3.63) is 89.0 Å². The Morgan fingerprint density at radius 2 is 1.50 bits per heavy atom. The fraction of sp³-hybridized carbons (Fsp3) is 0. The lowest BCUT2D eigenvalue weighted by molar-refractivity contribution is -0.130. The quantitative estimate of drug-likeness (QED) is 0.611. The first kappa shape index (κ1) is 15.8. The number of hydrogen-bond acceptors (Lipinski definition) is 1. The summed E-state index contributed by atoms with van der Waals surface area (Å²) in [5, 5.41) is 9.75. The molecule has 2 nitrogen and oxygen atoms in total. The molecule has 1 N–H and O–H groups in total. The van der Waals surface area contributed by atoms with Gasteiger partial charge in [-0.2, -0.15) is 0 Å². The van der Waals surface area contributed by atoms with Gasteiger partial charge in [-0.15, -0.1) is 0 Å². The lowest BCUT2D eigenvalue weighted by atomic mass is 10.0. The summed E-state index contributed by atoms with van der Waals surface area (Å²) in [6, 6.07) is 14.8. The predicted molar refractivity (Wildman–Crippen MR) is 92.6 cm³/mol. The van der Waals surface area contributed by atoms with Gasteiger partial charge < -0.3 is 5.11 Å². The minimum absolute atomic E-state index is 0.0790. The molecule has 0 unspecified atom stereocenters. The molecule has 0 radical (unpaired) electrons. The summed E-state index contributed by atoms with van der Waals surface area (Å²) in [5.74, 6) is -1.02. The molecule has 2 aromatic rings. The maximum absolute atomic E-state index is 11.1. The van der Waals surface area contributed by atoms with Gasteiger partial charge >= 0.3 is 5.97 Å². The highest BCUT2D eigenvalue weighted by Crippen LogP contribution is 2.20. The number of aliphatic carboxylic acids is 1. The molecule has 0 saturated heterocycles. The van der Waals surface area contributed by atoms with Gasteiger partial charge in [0.2, 0.25) is 0 Å². The molecule has 2 rings (SSSR count). The van der Waals surface area contributed by atoms with Crippen LogP contribution < -0.4 is 0 Å². The number of hydrogen-bond donors (Lipinski definition) is 1. The van der Waals surface area contributed by atoms with Crippen LogP contribution in [0.25, 0.3) is 17.7 Å².